The van der Waals surface area contributed by atoms with Crippen LogP contribution in [-0.4, -0.2) is 85.4 Å². The third-order valence-corrected chi connectivity index (χ3v) is 6.97. The summed E-state index contributed by atoms with van der Waals surface area (Å²) in [6.45, 7) is 4.76. The molecular weight excluding hydrogens is 522 g/mol. The van der Waals surface area contributed by atoms with E-state index in [0.29, 0.717) is 83.7 Å². The Labute approximate surface area is 232 Å². The molecule has 2 aromatic carbocycles. The SMILES string of the molecule is COc1cc(C(=O)OC(Cc2c(C)c3ccc(OC)c(OC)c3oc2=O)CN2CCOCC2)cc(OC)c1OC. The van der Waals surface area contributed by atoms with Crippen LogP contribution >= 0.6 is 0 Å². The molecule has 3 aromatic rings. The molecule has 0 spiro atoms. The van der Waals surface area contributed by atoms with Crippen molar-refractivity contribution in [3.8, 4) is 28.7 Å². The van der Waals surface area contributed by atoms with Crippen molar-refractivity contribution < 1.29 is 42.4 Å². The number of rotatable bonds is 11. The van der Waals surface area contributed by atoms with E-state index in [9.17, 15) is 9.59 Å². The number of morpholine rings is 1. The Morgan fingerprint density at radius 1 is 0.900 bits per heavy atom. The first kappa shape index (κ1) is 29.0. The summed E-state index contributed by atoms with van der Waals surface area (Å²) in [6.07, 6.45) is -0.518. The Balaban J connectivity index is 1.70. The van der Waals surface area contributed by atoms with E-state index in [4.69, 9.17) is 37.6 Å². The molecular formula is C29H35NO10. The van der Waals surface area contributed by atoms with Crippen molar-refractivity contribution in [3.63, 3.8) is 0 Å². The van der Waals surface area contributed by atoms with Gasteiger partial charge < -0.3 is 37.6 Å². The third-order valence-electron chi connectivity index (χ3n) is 6.97. The lowest BCUT2D eigenvalue weighted by atomic mass is 10.00. The van der Waals surface area contributed by atoms with E-state index in [1.165, 1.54) is 47.7 Å². The average molecular weight is 558 g/mol. The van der Waals surface area contributed by atoms with Gasteiger partial charge in [0.1, 0.15) is 6.10 Å². The maximum absolute atomic E-state index is 13.4. The normalized spacial score (nSPS) is 14.4. The van der Waals surface area contributed by atoms with E-state index in [1.54, 1.807) is 6.07 Å². The number of fused-ring (bicyclic) bond motifs is 1. The molecule has 1 saturated heterocycles. The number of aryl methyl sites for hydroxylation is 1. The Bertz CT molecular complexity index is 1390. The summed E-state index contributed by atoms with van der Waals surface area (Å²) in [7, 11) is 7.43. The molecule has 1 aliphatic rings. The number of carbonyl (C=O) groups is 1. The van der Waals surface area contributed by atoms with Crippen LogP contribution in [0.15, 0.2) is 33.5 Å². The van der Waals surface area contributed by atoms with Crippen LogP contribution in [0.25, 0.3) is 11.0 Å². The zero-order valence-electron chi connectivity index (χ0n) is 23.7. The Kier molecular flexibility index (Phi) is 9.38. The van der Waals surface area contributed by atoms with Crippen molar-refractivity contribution in [2.75, 3.05) is 68.4 Å². The van der Waals surface area contributed by atoms with Crippen LogP contribution in [0.2, 0.25) is 0 Å². The van der Waals surface area contributed by atoms with Crippen LogP contribution in [0.5, 0.6) is 28.7 Å². The van der Waals surface area contributed by atoms with Gasteiger partial charge in [-0.2, -0.15) is 0 Å². The fourth-order valence-electron chi connectivity index (χ4n) is 4.86. The van der Waals surface area contributed by atoms with Gasteiger partial charge in [-0.05, 0) is 36.8 Å². The highest BCUT2D eigenvalue weighted by atomic mass is 16.5. The maximum Gasteiger partial charge on any atom is 0.339 e. The lowest BCUT2D eigenvalue weighted by Crippen LogP contribution is -2.43. The van der Waals surface area contributed by atoms with Crippen molar-refractivity contribution in [3.05, 3.63) is 51.4 Å². The van der Waals surface area contributed by atoms with Crippen LogP contribution in [0.3, 0.4) is 0 Å². The maximum atomic E-state index is 13.4. The molecule has 11 heteroatoms. The summed E-state index contributed by atoms with van der Waals surface area (Å²) < 4.78 is 44.2. The number of nitrogens with zero attached hydrogens (tertiary/aromatic N) is 1. The van der Waals surface area contributed by atoms with Crippen LogP contribution in [0.1, 0.15) is 21.5 Å². The Morgan fingerprint density at radius 3 is 2.10 bits per heavy atom. The Hall–Kier alpha value is -3.96. The predicted octanol–water partition coefficient (Wildman–Crippen LogP) is 3.24. The molecule has 0 N–H and O–H groups in total. The fourth-order valence-corrected chi connectivity index (χ4v) is 4.86. The van der Waals surface area contributed by atoms with E-state index in [2.05, 4.69) is 4.90 Å². The molecule has 0 bridgehead atoms. The monoisotopic (exact) mass is 557 g/mol. The first-order valence-corrected chi connectivity index (χ1v) is 12.8. The highest BCUT2D eigenvalue weighted by Gasteiger charge is 2.27. The van der Waals surface area contributed by atoms with Gasteiger partial charge in [0.25, 0.3) is 0 Å². The molecule has 4 rings (SSSR count). The molecule has 1 fully saturated rings. The average Bonchev–Trinajstić information content (AvgIpc) is 2.98. The van der Waals surface area contributed by atoms with Crippen LogP contribution < -0.4 is 29.3 Å². The van der Waals surface area contributed by atoms with Gasteiger partial charge in [0.2, 0.25) is 11.5 Å². The van der Waals surface area contributed by atoms with Gasteiger partial charge >= 0.3 is 11.6 Å². The minimum atomic E-state index is -0.663. The molecule has 40 heavy (non-hydrogen) atoms. The fraction of sp³-hybridized carbons (Fsp3) is 0.448. The van der Waals surface area contributed by atoms with Gasteiger partial charge in [-0.25, -0.2) is 9.59 Å². The Morgan fingerprint density at radius 2 is 1.52 bits per heavy atom. The molecule has 1 atom stereocenters. The van der Waals surface area contributed by atoms with Crippen molar-refractivity contribution in [1.82, 2.24) is 4.90 Å². The van der Waals surface area contributed by atoms with Crippen molar-refractivity contribution in [2.45, 2.75) is 19.4 Å². The first-order valence-electron chi connectivity index (χ1n) is 12.8. The number of esters is 1. The number of ether oxygens (including phenoxy) is 7. The van der Waals surface area contributed by atoms with Gasteiger partial charge in [-0.1, -0.05) is 0 Å². The van der Waals surface area contributed by atoms with Crippen molar-refractivity contribution >= 4 is 16.9 Å². The molecule has 0 saturated carbocycles. The second kappa shape index (κ2) is 12.9. The highest BCUT2D eigenvalue weighted by molar-refractivity contribution is 5.91. The standard InChI is InChI=1S/C29H35NO10/c1-17-20-7-8-22(33-2)27(37-6)25(20)40-29(32)21(17)15-19(16-30-9-11-38-12-10-30)39-28(31)18-13-23(34-3)26(36-5)24(14-18)35-4/h7-8,13-14,19H,9-12,15-16H2,1-6H3. The van der Waals surface area contributed by atoms with Gasteiger partial charge in [0, 0.05) is 37.0 Å². The summed E-state index contributed by atoms with van der Waals surface area (Å²) in [5, 5.41) is 0.702. The molecule has 1 unspecified atom stereocenters. The van der Waals surface area contributed by atoms with E-state index >= 15 is 0 Å². The van der Waals surface area contributed by atoms with Gasteiger partial charge in [-0.15, -0.1) is 0 Å². The summed E-state index contributed by atoms with van der Waals surface area (Å²) in [5.41, 5.74) is 1.11. The van der Waals surface area contributed by atoms with Gasteiger partial charge in [0.15, 0.2) is 22.8 Å². The number of hydrogen-bond donors (Lipinski definition) is 0. The van der Waals surface area contributed by atoms with E-state index < -0.39 is 17.7 Å². The molecule has 2 heterocycles. The number of methoxy groups -OCH3 is 5. The minimum Gasteiger partial charge on any atom is -0.493 e. The molecule has 216 valence electrons. The van der Waals surface area contributed by atoms with E-state index in [-0.39, 0.29) is 12.0 Å². The molecule has 1 aliphatic heterocycles. The summed E-state index contributed by atoms with van der Waals surface area (Å²) in [6, 6.07) is 6.64. The molecule has 0 aliphatic carbocycles. The lowest BCUT2D eigenvalue weighted by Gasteiger charge is -2.30. The first-order chi connectivity index (χ1) is 19.3. The second-order valence-corrected chi connectivity index (χ2v) is 9.23. The molecule has 1 aromatic heterocycles. The second-order valence-electron chi connectivity index (χ2n) is 9.23. The zero-order valence-corrected chi connectivity index (χ0v) is 23.7. The van der Waals surface area contributed by atoms with Crippen LogP contribution in [-0.2, 0) is 15.9 Å². The van der Waals surface area contributed by atoms with Crippen molar-refractivity contribution in [1.29, 1.82) is 0 Å². The highest BCUT2D eigenvalue weighted by Crippen LogP contribution is 2.39. The number of carbonyl (C=O) groups excluding carboxylic acids is 1. The molecule has 0 amide bonds. The van der Waals surface area contributed by atoms with Gasteiger partial charge in [-0.3, -0.25) is 4.90 Å². The van der Waals surface area contributed by atoms with E-state index in [0.717, 1.165) is 0 Å². The summed E-state index contributed by atoms with van der Waals surface area (Å²) in [5.74, 6) is 1.22. The van der Waals surface area contributed by atoms with E-state index in [1.807, 2.05) is 13.0 Å². The largest absolute Gasteiger partial charge is 0.493 e. The summed E-state index contributed by atoms with van der Waals surface area (Å²) in [4.78, 5) is 28.8. The van der Waals surface area contributed by atoms with Gasteiger partial charge in [0.05, 0.1) is 54.3 Å². The zero-order chi connectivity index (χ0) is 28.8. The minimum absolute atomic E-state index is 0.145. The molecule has 11 nitrogen and oxygen atoms in total. The molecule has 0 radical (unpaired) electrons. The number of hydrogen-bond acceptors (Lipinski definition) is 11. The smallest absolute Gasteiger partial charge is 0.339 e. The third kappa shape index (κ3) is 5.95. The quantitative estimate of drug-likeness (QED) is 0.256. The predicted molar refractivity (Wildman–Crippen MR) is 147 cm³/mol. The lowest BCUT2D eigenvalue weighted by molar-refractivity contribution is -0.00400. The van der Waals surface area contributed by atoms with Crippen LogP contribution in [0.4, 0.5) is 0 Å². The number of benzene rings is 2. The summed E-state index contributed by atoms with van der Waals surface area (Å²) >= 11 is 0. The van der Waals surface area contributed by atoms with Crippen LogP contribution in [0, 0.1) is 6.92 Å². The topological polar surface area (TPSA) is 115 Å². The van der Waals surface area contributed by atoms with Crippen molar-refractivity contribution in [2.24, 2.45) is 0 Å².